The highest BCUT2D eigenvalue weighted by molar-refractivity contribution is 5.81. The molecule has 24 heavy (non-hydrogen) atoms. The first kappa shape index (κ1) is 14.4. The van der Waals surface area contributed by atoms with Crippen molar-refractivity contribution in [2.75, 3.05) is 5.32 Å². The van der Waals surface area contributed by atoms with Gasteiger partial charge in [-0.2, -0.15) is 10.2 Å². The average molecular weight is 320 g/mol. The molecule has 0 amide bonds. The standard InChI is InChI=1S/C17H16N6O/c1-2-23-11-12(9-20-23)8-18-17-21-14(10-19-22-17)16-7-13-5-3-4-6-15(13)24-16/h3-7,9-11H,2,8H2,1H3,(H,18,21,22). The second-order valence-electron chi connectivity index (χ2n) is 5.37. The number of furan rings is 1. The Bertz CT molecular complexity index is 941. The molecule has 7 heteroatoms. The fourth-order valence-electron chi connectivity index (χ4n) is 2.46. The first-order valence-electron chi connectivity index (χ1n) is 7.75. The number of para-hydroxylation sites is 1. The lowest BCUT2D eigenvalue weighted by Gasteiger charge is -2.03. The van der Waals surface area contributed by atoms with Gasteiger partial charge in [0.25, 0.3) is 0 Å². The molecule has 0 aliphatic heterocycles. The zero-order chi connectivity index (χ0) is 16.4. The van der Waals surface area contributed by atoms with E-state index in [0.717, 1.165) is 23.1 Å². The number of aromatic nitrogens is 5. The first-order valence-corrected chi connectivity index (χ1v) is 7.75. The minimum atomic E-state index is 0.456. The topological polar surface area (TPSA) is 81.7 Å². The van der Waals surface area contributed by atoms with Gasteiger partial charge in [0, 0.05) is 30.2 Å². The van der Waals surface area contributed by atoms with E-state index in [0.29, 0.717) is 23.9 Å². The summed E-state index contributed by atoms with van der Waals surface area (Å²) in [6, 6.07) is 9.80. The van der Waals surface area contributed by atoms with Gasteiger partial charge in [0.05, 0.1) is 12.4 Å². The molecule has 1 N–H and O–H groups in total. The molecular formula is C17H16N6O. The Labute approximate surface area is 138 Å². The molecule has 0 spiro atoms. The first-order chi connectivity index (χ1) is 11.8. The van der Waals surface area contributed by atoms with Gasteiger partial charge in [0.1, 0.15) is 11.3 Å². The molecule has 0 aliphatic carbocycles. The van der Waals surface area contributed by atoms with Gasteiger partial charge in [-0.15, -0.1) is 5.10 Å². The van der Waals surface area contributed by atoms with Crippen molar-refractivity contribution in [2.45, 2.75) is 20.0 Å². The van der Waals surface area contributed by atoms with Crippen LogP contribution in [0, 0.1) is 0 Å². The van der Waals surface area contributed by atoms with Crippen LogP contribution in [-0.4, -0.2) is 25.0 Å². The van der Waals surface area contributed by atoms with Crippen molar-refractivity contribution in [1.29, 1.82) is 0 Å². The van der Waals surface area contributed by atoms with Gasteiger partial charge in [-0.25, -0.2) is 4.98 Å². The van der Waals surface area contributed by atoms with Crippen molar-refractivity contribution in [3.05, 3.63) is 54.5 Å². The molecule has 0 fully saturated rings. The molecular weight excluding hydrogens is 304 g/mol. The summed E-state index contributed by atoms with van der Waals surface area (Å²) < 4.78 is 7.69. The van der Waals surface area contributed by atoms with E-state index >= 15 is 0 Å². The lowest BCUT2D eigenvalue weighted by molar-refractivity contribution is 0.627. The van der Waals surface area contributed by atoms with Crippen LogP contribution in [0.15, 0.2) is 53.3 Å². The summed E-state index contributed by atoms with van der Waals surface area (Å²) in [5.41, 5.74) is 2.54. The van der Waals surface area contributed by atoms with Gasteiger partial charge in [-0.1, -0.05) is 18.2 Å². The van der Waals surface area contributed by atoms with Gasteiger partial charge < -0.3 is 9.73 Å². The maximum absolute atomic E-state index is 5.82. The van der Waals surface area contributed by atoms with Gasteiger partial charge in [-0.05, 0) is 19.1 Å². The van der Waals surface area contributed by atoms with E-state index in [-0.39, 0.29) is 0 Å². The van der Waals surface area contributed by atoms with E-state index in [9.17, 15) is 0 Å². The highest BCUT2D eigenvalue weighted by Crippen LogP contribution is 2.26. The maximum Gasteiger partial charge on any atom is 0.243 e. The van der Waals surface area contributed by atoms with Crippen molar-refractivity contribution < 1.29 is 4.42 Å². The summed E-state index contributed by atoms with van der Waals surface area (Å²) in [6.07, 6.45) is 5.41. The van der Waals surface area contributed by atoms with Crippen LogP contribution < -0.4 is 5.32 Å². The number of aryl methyl sites for hydroxylation is 1. The minimum Gasteiger partial charge on any atom is -0.454 e. The summed E-state index contributed by atoms with van der Waals surface area (Å²) >= 11 is 0. The van der Waals surface area contributed by atoms with Crippen molar-refractivity contribution in [2.24, 2.45) is 0 Å². The third-order valence-electron chi connectivity index (χ3n) is 3.70. The van der Waals surface area contributed by atoms with E-state index in [1.54, 1.807) is 6.20 Å². The van der Waals surface area contributed by atoms with Gasteiger partial charge in [-0.3, -0.25) is 4.68 Å². The van der Waals surface area contributed by atoms with Gasteiger partial charge >= 0.3 is 0 Å². The summed E-state index contributed by atoms with van der Waals surface area (Å²) in [5.74, 6) is 1.13. The van der Waals surface area contributed by atoms with Gasteiger partial charge in [0.2, 0.25) is 5.95 Å². The quantitative estimate of drug-likeness (QED) is 0.608. The lowest BCUT2D eigenvalue weighted by atomic mass is 10.2. The van der Waals surface area contributed by atoms with Crippen LogP contribution in [0.25, 0.3) is 22.4 Å². The van der Waals surface area contributed by atoms with Crippen LogP contribution in [0.4, 0.5) is 5.95 Å². The SMILES string of the molecule is CCn1cc(CNc2nncc(-c3cc4ccccc4o3)n2)cn1. The third kappa shape index (κ3) is 2.83. The second-order valence-corrected chi connectivity index (χ2v) is 5.37. The Balaban J connectivity index is 1.54. The molecule has 7 nitrogen and oxygen atoms in total. The molecule has 3 aromatic heterocycles. The molecule has 0 radical (unpaired) electrons. The Kier molecular flexibility index (Phi) is 3.66. The number of anilines is 1. The number of benzene rings is 1. The van der Waals surface area contributed by atoms with Crippen molar-refractivity contribution in [1.82, 2.24) is 25.0 Å². The number of hydrogen-bond acceptors (Lipinski definition) is 6. The van der Waals surface area contributed by atoms with Crippen LogP contribution in [0.1, 0.15) is 12.5 Å². The summed E-state index contributed by atoms with van der Waals surface area (Å²) in [4.78, 5) is 4.47. The number of nitrogens with zero attached hydrogens (tertiary/aromatic N) is 5. The Morgan fingerprint density at radius 3 is 2.96 bits per heavy atom. The van der Waals surface area contributed by atoms with E-state index in [4.69, 9.17) is 4.42 Å². The highest BCUT2D eigenvalue weighted by Gasteiger charge is 2.09. The van der Waals surface area contributed by atoms with Crippen molar-refractivity contribution in [3.8, 4) is 11.5 Å². The van der Waals surface area contributed by atoms with E-state index < -0.39 is 0 Å². The monoisotopic (exact) mass is 320 g/mol. The molecule has 0 aliphatic rings. The predicted octanol–water partition coefficient (Wildman–Crippen LogP) is 3.11. The molecule has 0 bridgehead atoms. The van der Waals surface area contributed by atoms with E-state index in [1.165, 1.54) is 0 Å². The summed E-state index contributed by atoms with van der Waals surface area (Å²) in [6.45, 7) is 3.49. The minimum absolute atomic E-state index is 0.456. The average Bonchev–Trinajstić information content (AvgIpc) is 3.26. The second kappa shape index (κ2) is 6.11. The molecule has 4 aromatic rings. The maximum atomic E-state index is 5.82. The number of nitrogens with one attached hydrogen (secondary N) is 1. The highest BCUT2D eigenvalue weighted by atomic mass is 16.3. The van der Waals surface area contributed by atoms with E-state index in [1.807, 2.05) is 54.3 Å². The molecule has 4 rings (SSSR count). The Morgan fingerprint density at radius 1 is 1.21 bits per heavy atom. The fraction of sp³-hybridized carbons (Fsp3) is 0.176. The smallest absolute Gasteiger partial charge is 0.243 e. The molecule has 120 valence electrons. The lowest BCUT2D eigenvalue weighted by Crippen LogP contribution is -2.04. The fourth-order valence-corrected chi connectivity index (χ4v) is 2.46. The molecule has 0 unspecified atom stereocenters. The Hall–Kier alpha value is -3.22. The largest absolute Gasteiger partial charge is 0.454 e. The van der Waals surface area contributed by atoms with Crippen LogP contribution in [0.2, 0.25) is 0 Å². The van der Waals surface area contributed by atoms with Crippen LogP contribution >= 0.6 is 0 Å². The van der Waals surface area contributed by atoms with Crippen LogP contribution in [0.5, 0.6) is 0 Å². The normalized spacial score (nSPS) is 11.0. The number of rotatable bonds is 5. The molecule has 0 saturated carbocycles. The third-order valence-corrected chi connectivity index (χ3v) is 3.70. The predicted molar refractivity (Wildman–Crippen MR) is 90.3 cm³/mol. The molecule has 3 heterocycles. The van der Waals surface area contributed by atoms with Crippen molar-refractivity contribution in [3.63, 3.8) is 0 Å². The zero-order valence-corrected chi connectivity index (χ0v) is 13.2. The zero-order valence-electron chi connectivity index (χ0n) is 13.2. The van der Waals surface area contributed by atoms with Crippen molar-refractivity contribution >= 4 is 16.9 Å². The summed E-state index contributed by atoms with van der Waals surface area (Å²) in [5, 5.41) is 16.5. The molecule has 1 aromatic carbocycles. The van der Waals surface area contributed by atoms with Gasteiger partial charge in [0.15, 0.2) is 5.76 Å². The number of fused-ring (bicyclic) bond motifs is 1. The molecule has 0 atom stereocenters. The Morgan fingerprint density at radius 2 is 2.12 bits per heavy atom. The molecule has 0 saturated heterocycles. The van der Waals surface area contributed by atoms with Crippen LogP contribution in [0.3, 0.4) is 0 Å². The number of hydrogen-bond donors (Lipinski definition) is 1. The van der Waals surface area contributed by atoms with Crippen LogP contribution in [-0.2, 0) is 13.1 Å². The summed E-state index contributed by atoms with van der Waals surface area (Å²) in [7, 11) is 0. The van der Waals surface area contributed by atoms with E-state index in [2.05, 4.69) is 25.6 Å².